The fraction of sp³-hybridized carbons (Fsp3) is 0.588. The van der Waals surface area contributed by atoms with Crippen molar-refractivity contribution in [3.63, 3.8) is 0 Å². The maximum atomic E-state index is 13.6. The normalized spacial score (nSPS) is 21.9. The van der Waals surface area contributed by atoms with E-state index in [0.29, 0.717) is 18.0 Å². The molecule has 0 heterocycles. The SMILES string of the molecule is CNc1c(F)cccc1C(=O)NCCC1CCCC(C)C1. The van der Waals surface area contributed by atoms with Gasteiger partial charge in [-0.15, -0.1) is 0 Å². The standard InChI is InChI=1S/C17H25FN2O/c1-12-5-3-6-13(11-12)9-10-20-17(21)14-7-4-8-15(18)16(14)19-2/h4,7-8,12-13,19H,3,5-6,9-11H2,1-2H3,(H,20,21). The molecule has 0 aliphatic heterocycles. The first-order chi connectivity index (χ1) is 10.1. The fourth-order valence-corrected chi connectivity index (χ4v) is 3.27. The lowest BCUT2D eigenvalue weighted by molar-refractivity contribution is 0.0950. The number of amides is 1. The highest BCUT2D eigenvalue weighted by atomic mass is 19.1. The van der Waals surface area contributed by atoms with Gasteiger partial charge in [0.1, 0.15) is 5.82 Å². The van der Waals surface area contributed by atoms with E-state index in [9.17, 15) is 9.18 Å². The first-order valence-electron chi connectivity index (χ1n) is 7.86. The zero-order valence-corrected chi connectivity index (χ0v) is 12.9. The molecule has 1 amide bonds. The summed E-state index contributed by atoms with van der Waals surface area (Å²) in [5, 5.41) is 5.67. The van der Waals surface area contributed by atoms with Crippen LogP contribution < -0.4 is 10.6 Å². The lowest BCUT2D eigenvalue weighted by atomic mass is 9.81. The molecule has 1 fully saturated rings. The minimum atomic E-state index is -0.397. The van der Waals surface area contributed by atoms with Crippen molar-refractivity contribution >= 4 is 11.6 Å². The van der Waals surface area contributed by atoms with Gasteiger partial charge in [-0.2, -0.15) is 0 Å². The molecule has 0 saturated heterocycles. The Morgan fingerprint density at radius 2 is 2.19 bits per heavy atom. The molecule has 0 bridgehead atoms. The Kier molecular flexibility index (Phi) is 5.59. The van der Waals surface area contributed by atoms with Gasteiger partial charge in [0.25, 0.3) is 5.91 Å². The molecule has 0 radical (unpaired) electrons. The summed E-state index contributed by atoms with van der Waals surface area (Å²) in [7, 11) is 1.62. The lowest BCUT2D eigenvalue weighted by Crippen LogP contribution is -2.27. The molecule has 2 N–H and O–H groups in total. The van der Waals surface area contributed by atoms with Crippen molar-refractivity contribution in [2.45, 2.75) is 39.0 Å². The smallest absolute Gasteiger partial charge is 0.253 e. The van der Waals surface area contributed by atoms with Crippen LogP contribution in [0.2, 0.25) is 0 Å². The van der Waals surface area contributed by atoms with Gasteiger partial charge in [-0.3, -0.25) is 4.79 Å². The summed E-state index contributed by atoms with van der Waals surface area (Å²) in [5.41, 5.74) is 0.635. The van der Waals surface area contributed by atoms with E-state index in [1.165, 1.54) is 31.7 Å². The van der Waals surface area contributed by atoms with Gasteiger partial charge in [-0.1, -0.05) is 32.3 Å². The zero-order chi connectivity index (χ0) is 15.2. The van der Waals surface area contributed by atoms with Crippen molar-refractivity contribution < 1.29 is 9.18 Å². The van der Waals surface area contributed by atoms with E-state index < -0.39 is 5.82 Å². The van der Waals surface area contributed by atoms with E-state index in [1.807, 2.05) is 0 Å². The molecule has 1 aromatic carbocycles. The number of carbonyl (C=O) groups excluding carboxylic acids is 1. The molecule has 1 aliphatic carbocycles. The maximum Gasteiger partial charge on any atom is 0.253 e. The topological polar surface area (TPSA) is 41.1 Å². The summed E-state index contributed by atoms with van der Waals surface area (Å²) < 4.78 is 13.6. The monoisotopic (exact) mass is 292 g/mol. The second-order valence-electron chi connectivity index (χ2n) is 6.09. The summed E-state index contributed by atoms with van der Waals surface area (Å²) in [6, 6.07) is 4.56. The summed E-state index contributed by atoms with van der Waals surface area (Å²) >= 11 is 0. The number of rotatable bonds is 5. The second kappa shape index (κ2) is 7.43. The van der Waals surface area contributed by atoms with Crippen molar-refractivity contribution in [2.24, 2.45) is 11.8 Å². The van der Waals surface area contributed by atoms with Gasteiger partial charge in [0, 0.05) is 13.6 Å². The number of benzene rings is 1. The molecule has 1 aliphatic rings. The summed E-state index contributed by atoms with van der Waals surface area (Å²) in [6.45, 7) is 2.96. The van der Waals surface area contributed by atoms with Gasteiger partial charge < -0.3 is 10.6 Å². The van der Waals surface area contributed by atoms with Crippen molar-refractivity contribution in [3.05, 3.63) is 29.6 Å². The average molecular weight is 292 g/mol. The fourth-order valence-electron chi connectivity index (χ4n) is 3.27. The highest BCUT2D eigenvalue weighted by molar-refractivity contribution is 5.99. The number of carbonyl (C=O) groups is 1. The molecular weight excluding hydrogens is 267 g/mol. The zero-order valence-electron chi connectivity index (χ0n) is 12.9. The quantitative estimate of drug-likeness (QED) is 0.866. The Balaban J connectivity index is 1.86. The van der Waals surface area contributed by atoms with E-state index in [4.69, 9.17) is 0 Å². The first kappa shape index (κ1) is 15.8. The number of hydrogen-bond acceptors (Lipinski definition) is 2. The van der Waals surface area contributed by atoms with Crippen LogP contribution in [0.15, 0.2) is 18.2 Å². The number of hydrogen-bond donors (Lipinski definition) is 2. The van der Waals surface area contributed by atoms with Gasteiger partial charge in [-0.05, 0) is 36.8 Å². The number of para-hydroxylation sites is 1. The molecular formula is C17H25FN2O. The Morgan fingerprint density at radius 3 is 2.90 bits per heavy atom. The number of nitrogens with one attached hydrogen (secondary N) is 2. The summed E-state index contributed by atoms with van der Waals surface area (Å²) in [5.74, 6) is 0.915. The van der Waals surface area contributed by atoms with Crippen LogP contribution in [0.25, 0.3) is 0 Å². The molecule has 3 nitrogen and oxygen atoms in total. The van der Waals surface area contributed by atoms with Gasteiger partial charge in [-0.25, -0.2) is 4.39 Å². The van der Waals surface area contributed by atoms with Gasteiger partial charge in [0.05, 0.1) is 11.3 Å². The molecule has 2 unspecified atom stereocenters. The van der Waals surface area contributed by atoms with Gasteiger partial charge >= 0.3 is 0 Å². The minimum absolute atomic E-state index is 0.206. The van der Waals surface area contributed by atoms with Crippen LogP contribution in [0.1, 0.15) is 49.4 Å². The third kappa shape index (κ3) is 4.19. The van der Waals surface area contributed by atoms with Crippen LogP contribution in [0.3, 0.4) is 0 Å². The van der Waals surface area contributed by atoms with Crippen molar-refractivity contribution in [1.29, 1.82) is 0 Å². The van der Waals surface area contributed by atoms with Crippen LogP contribution in [0.5, 0.6) is 0 Å². The molecule has 2 atom stereocenters. The predicted molar refractivity (Wildman–Crippen MR) is 84.0 cm³/mol. The van der Waals surface area contributed by atoms with Crippen LogP contribution in [0.4, 0.5) is 10.1 Å². The maximum absolute atomic E-state index is 13.6. The summed E-state index contributed by atoms with van der Waals surface area (Å²) in [6.07, 6.45) is 6.17. The van der Waals surface area contributed by atoms with Crippen LogP contribution in [-0.4, -0.2) is 19.5 Å². The van der Waals surface area contributed by atoms with Crippen LogP contribution in [-0.2, 0) is 0 Å². The summed E-state index contributed by atoms with van der Waals surface area (Å²) in [4.78, 5) is 12.2. The second-order valence-corrected chi connectivity index (χ2v) is 6.09. The Morgan fingerprint density at radius 1 is 1.38 bits per heavy atom. The van der Waals surface area contributed by atoms with E-state index in [1.54, 1.807) is 19.2 Å². The first-order valence-corrected chi connectivity index (χ1v) is 7.86. The van der Waals surface area contributed by atoms with Crippen LogP contribution >= 0.6 is 0 Å². The van der Waals surface area contributed by atoms with E-state index in [-0.39, 0.29) is 11.6 Å². The van der Waals surface area contributed by atoms with E-state index in [0.717, 1.165) is 12.3 Å². The van der Waals surface area contributed by atoms with Crippen molar-refractivity contribution in [1.82, 2.24) is 5.32 Å². The van der Waals surface area contributed by atoms with E-state index >= 15 is 0 Å². The van der Waals surface area contributed by atoms with E-state index in [2.05, 4.69) is 17.6 Å². The minimum Gasteiger partial charge on any atom is -0.385 e. The number of anilines is 1. The highest BCUT2D eigenvalue weighted by Crippen LogP contribution is 2.30. The Bertz CT molecular complexity index is 490. The molecule has 1 aromatic rings. The molecule has 0 aromatic heterocycles. The molecule has 4 heteroatoms. The number of halogens is 1. The van der Waals surface area contributed by atoms with Gasteiger partial charge in [0.15, 0.2) is 0 Å². The van der Waals surface area contributed by atoms with Crippen LogP contribution in [0, 0.1) is 17.7 Å². The van der Waals surface area contributed by atoms with Gasteiger partial charge in [0.2, 0.25) is 0 Å². The largest absolute Gasteiger partial charge is 0.385 e. The lowest BCUT2D eigenvalue weighted by Gasteiger charge is -2.26. The van der Waals surface area contributed by atoms with Crippen molar-refractivity contribution in [2.75, 3.05) is 18.9 Å². The Labute approximate surface area is 126 Å². The molecule has 2 rings (SSSR count). The third-order valence-electron chi connectivity index (χ3n) is 4.39. The molecule has 1 saturated carbocycles. The predicted octanol–water partition coefficient (Wildman–Crippen LogP) is 3.81. The third-order valence-corrected chi connectivity index (χ3v) is 4.39. The molecule has 0 spiro atoms. The molecule has 21 heavy (non-hydrogen) atoms. The Hall–Kier alpha value is -1.58. The average Bonchev–Trinajstić information content (AvgIpc) is 2.47. The molecule has 116 valence electrons. The van der Waals surface area contributed by atoms with Crippen molar-refractivity contribution in [3.8, 4) is 0 Å². The highest BCUT2D eigenvalue weighted by Gasteiger charge is 2.19.